The number of para-hydroxylation sites is 1. The highest BCUT2D eigenvalue weighted by molar-refractivity contribution is 5.53. The van der Waals surface area contributed by atoms with Crippen molar-refractivity contribution in [2.75, 3.05) is 26.1 Å². The van der Waals surface area contributed by atoms with Crippen LogP contribution in [0.1, 0.15) is 0 Å². The summed E-state index contributed by atoms with van der Waals surface area (Å²) >= 11 is 0. The van der Waals surface area contributed by atoms with Gasteiger partial charge in [-0.1, -0.05) is 18.2 Å². The lowest BCUT2D eigenvalue weighted by molar-refractivity contribution is 0.144. The maximum Gasteiger partial charge on any atom is 0.169 e. The number of hydrogen-bond donors (Lipinski definition) is 1. The molecular weight excluding hydrogens is 242 g/mol. The molecule has 0 aliphatic heterocycles. The normalized spacial score (nSPS) is 10.2. The summed E-state index contributed by atoms with van der Waals surface area (Å²) in [4.78, 5) is 0. The number of ether oxygens (including phenoxy) is 3. The SMILES string of the molecule is COCCOc1cc(N)ccc1Oc1ccccc1. The van der Waals surface area contributed by atoms with Crippen molar-refractivity contribution >= 4 is 5.69 Å². The topological polar surface area (TPSA) is 53.7 Å². The smallest absolute Gasteiger partial charge is 0.169 e. The second-order valence-electron chi connectivity index (χ2n) is 3.96. The molecule has 0 saturated heterocycles. The molecule has 2 aromatic carbocycles. The largest absolute Gasteiger partial charge is 0.487 e. The molecular formula is C15H17NO3. The van der Waals surface area contributed by atoms with E-state index in [2.05, 4.69) is 0 Å². The Bertz CT molecular complexity index is 514. The zero-order valence-electron chi connectivity index (χ0n) is 10.8. The Morgan fingerprint density at radius 3 is 2.47 bits per heavy atom. The van der Waals surface area contributed by atoms with Gasteiger partial charge in [-0.15, -0.1) is 0 Å². The van der Waals surface area contributed by atoms with Crippen LogP contribution in [0.25, 0.3) is 0 Å². The highest BCUT2D eigenvalue weighted by Crippen LogP contribution is 2.33. The van der Waals surface area contributed by atoms with Crippen LogP contribution < -0.4 is 15.2 Å². The van der Waals surface area contributed by atoms with Crippen molar-refractivity contribution in [1.29, 1.82) is 0 Å². The zero-order chi connectivity index (χ0) is 13.5. The van der Waals surface area contributed by atoms with E-state index < -0.39 is 0 Å². The summed E-state index contributed by atoms with van der Waals surface area (Å²) in [6.07, 6.45) is 0. The Hall–Kier alpha value is -2.20. The van der Waals surface area contributed by atoms with Gasteiger partial charge in [0.2, 0.25) is 0 Å². The summed E-state index contributed by atoms with van der Waals surface area (Å²) in [7, 11) is 1.63. The quantitative estimate of drug-likeness (QED) is 0.639. The van der Waals surface area contributed by atoms with E-state index in [9.17, 15) is 0 Å². The molecule has 2 aromatic rings. The van der Waals surface area contributed by atoms with Gasteiger partial charge >= 0.3 is 0 Å². The minimum atomic E-state index is 0.450. The molecule has 0 atom stereocenters. The van der Waals surface area contributed by atoms with E-state index in [1.54, 1.807) is 25.3 Å². The van der Waals surface area contributed by atoms with Gasteiger partial charge in [-0.2, -0.15) is 0 Å². The Morgan fingerprint density at radius 1 is 0.947 bits per heavy atom. The summed E-state index contributed by atoms with van der Waals surface area (Å²) in [5.41, 5.74) is 6.39. The number of methoxy groups -OCH3 is 1. The van der Waals surface area contributed by atoms with Crippen LogP contribution >= 0.6 is 0 Å². The molecule has 0 heterocycles. The van der Waals surface area contributed by atoms with Gasteiger partial charge in [-0.05, 0) is 24.3 Å². The van der Waals surface area contributed by atoms with Crippen LogP contribution in [0.4, 0.5) is 5.69 Å². The van der Waals surface area contributed by atoms with Crippen LogP contribution in [0.3, 0.4) is 0 Å². The molecule has 100 valence electrons. The lowest BCUT2D eigenvalue weighted by Crippen LogP contribution is -2.05. The third-order valence-corrected chi connectivity index (χ3v) is 2.48. The zero-order valence-corrected chi connectivity index (χ0v) is 10.8. The molecule has 0 aliphatic carbocycles. The number of benzene rings is 2. The first-order valence-corrected chi connectivity index (χ1v) is 6.04. The van der Waals surface area contributed by atoms with Gasteiger partial charge in [0.05, 0.1) is 6.61 Å². The molecule has 4 nitrogen and oxygen atoms in total. The minimum absolute atomic E-state index is 0.450. The van der Waals surface area contributed by atoms with Gasteiger partial charge in [0.15, 0.2) is 11.5 Å². The van der Waals surface area contributed by atoms with E-state index >= 15 is 0 Å². The van der Waals surface area contributed by atoms with Crippen LogP contribution in [0.2, 0.25) is 0 Å². The molecule has 0 radical (unpaired) electrons. The lowest BCUT2D eigenvalue weighted by atomic mass is 10.3. The first-order chi connectivity index (χ1) is 9.29. The van der Waals surface area contributed by atoms with Gasteiger partial charge in [-0.3, -0.25) is 0 Å². The second-order valence-corrected chi connectivity index (χ2v) is 3.96. The molecule has 0 bridgehead atoms. The highest BCUT2D eigenvalue weighted by atomic mass is 16.5. The van der Waals surface area contributed by atoms with Crippen LogP contribution in [0.5, 0.6) is 17.2 Å². The number of nitrogens with two attached hydrogens (primary N) is 1. The maximum absolute atomic E-state index is 5.77. The summed E-state index contributed by atoms with van der Waals surface area (Å²) in [6.45, 7) is 0.963. The van der Waals surface area contributed by atoms with Crippen molar-refractivity contribution in [3.63, 3.8) is 0 Å². The van der Waals surface area contributed by atoms with Crippen molar-refractivity contribution in [2.45, 2.75) is 0 Å². The number of hydrogen-bond acceptors (Lipinski definition) is 4. The van der Waals surface area contributed by atoms with Crippen molar-refractivity contribution < 1.29 is 14.2 Å². The van der Waals surface area contributed by atoms with Crippen molar-refractivity contribution in [3.05, 3.63) is 48.5 Å². The average Bonchev–Trinajstić information content (AvgIpc) is 2.43. The summed E-state index contributed by atoms with van der Waals surface area (Å²) in [5.74, 6) is 2.00. The number of anilines is 1. The summed E-state index contributed by atoms with van der Waals surface area (Å²) < 4.78 is 16.3. The van der Waals surface area contributed by atoms with Crippen molar-refractivity contribution in [1.82, 2.24) is 0 Å². The van der Waals surface area contributed by atoms with E-state index in [0.29, 0.717) is 30.4 Å². The van der Waals surface area contributed by atoms with E-state index in [-0.39, 0.29) is 0 Å². The number of nitrogen functional groups attached to an aromatic ring is 1. The first kappa shape index (κ1) is 13.2. The predicted molar refractivity (Wildman–Crippen MR) is 74.7 cm³/mol. The Balaban J connectivity index is 2.14. The molecule has 0 aliphatic rings. The minimum Gasteiger partial charge on any atom is -0.487 e. The molecule has 0 spiro atoms. The Morgan fingerprint density at radius 2 is 1.74 bits per heavy atom. The highest BCUT2D eigenvalue weighted by Gasteiger charge is 2.07. The van der Waals surface area contributed by atoms with Crippen molar-refractivity contribution in [2.24, 2.45) is 0 Å². The molecule has 4 heteroatoms. The van der Waals surface area contributed by atoms with Gasteiger partial charge in [0.1, 0.15) is 12.4 Å². The monoisotopic (exact) mass is 259 g/mol. The van der Waals surface area contributed by atoms with E-state index in [0.717, 1.165) is 5.75 Å². The number of rotatable bonds is 6. The molecule has 0 unspecified atom stereocenters. The first-order valence-electron chi connectivity index (χ1n) is 6.04. The van der Waals surface area contributed by atoms with Gasteiger partial charge in [0, 0.05) is 18.9 Å². The second kappa shape index (κ2) is 6.66. The summed E-state index contributed by atoms with van der Waals surface area (Å²) in [6, 6.07) is 14.9. The van der Waals surface area contributed by atoms with E-state index in [1.807, 2.05) is 30.3 Å². The van der Waals surface area contributed by atoms with Gasteiger partial charge in [-0.25, -0.2) is 0 Å². The third kappa shape index (κ3) is 3.89. The molecule has 2 N–H and O–H groups in total. The maximum atomic E-state index is 5.77. The third-order valence-electron chi connectivity index (χ3n) is 2.48. The fourth-order valence-corrected chi connectivity index (χ4v) is 1.57. The Labute approximate surface area is 112 Å². The van der Waals surface area contributed by atoms with Crippen molar-refractivity contribution in [3.8, 4) is 17.2 Å². The van der Waals surface area contributed by atoms with Crippen LogP contribution in [0.15, 0.2) is 48.5 Å². The molecule has 0 saturated carbocycles. The van der Waals surface area contributed by atoms with Crippen LogP contribution in [-0.2, 0) is 4.74 Å². The molecule has 19 heavy (non-hydrogen) atoms. The standard InChI is InChI=1S/C15H17NO3/c1-17-9-10-18-15-11-12(16)7-8-14(15)19-13-5-3-2-4-6-13/h2-8,11H,9-10,16H2,1H3. The fourth-order valence-electron chi connectivity index (χ4n) is 1.57. The van der Waals surface area contributed by atoms with Gasteiger partial charge in [0.25, 0.3) is 0 Å². The molecule has 0 aromatic heterocycles. The fraction of sp³-hybridized carbons (Fsp3) is 0.200. The summed E-state index contributed by atoms with van der Waals surface area (Å²) in [5, 5.41) is 0. The average molecular weight is 259 g/mol. The lowest BCUT2D eigenvalue weighted by Gasteiger charge is -2.13. The van der Waals surface area contributed by atoms with Crippen LogP contribution in [-0.4, -0.2) is 20.3 Å². The molecule has 2 rings (SSSR count). The Kier molecular flexibility index (Phi) is 4.64. The van der Waals surface area contributed by atoms with Gasteiger partial charge < -0.3 is 19.9 Å². The van der Waals surface area contributed by atoms with Crippen LogP contribution in [0, 0.1) is 0 Å². The van der Waals surface area contributed by atoms with E-state index in [4.69, 9.17) is 19.9 Å². The van der Waals surface area contributed by atoms with E-state index in [1.165, 1.54) is 0 Å². The molecule has 0 fully saturated rings. The predicted octanol–water partition coefficient (Wildman–Crippen LogP) is 3.09. The molecule has 0 amide bonds.